The number of anilines is 1. The molecule has 0 saturated carbocycles. The maximum absolute atomic E-state index is 11.8. The third-order valence-corrected chi connectivity index (χ3v) is 3.03. The normalized spacial score (nSPS) is 11.9. The van der Waals surface area contributed by atoms with Crippen LogP contribution >= 0.6 is 0 Å². The van der Waals surface area contributed by atoms with Crippen molar-refractivity contribution >= 4 is 11.6 Å². The second kappa shape index (κ2) is 9.34. The average Bonchev–Trinajstić information content (AvgIpc) is 2.46. The van der Waals surface area contributed by atoms with Crippen LogP contribution in [0.25, 0.3) is 0 Å². The number of para-hydroxylation sites is 1. The molecule has 0 fully saturated rings. The Morgan fingerprint density at radius 2 is 2.15 bits per heavy atom. The van der Waals surface area contributed by atoms with E-state index in [-0.39, 0.29) is 5.91 Å². The maximum atomic E-state index is 11.8. The zero-order valence-corrected chi connectivity index (χ0v) is 12.3. The van der Waals surface area contributed by atoms with Crippen molar-refractivity contribution in [3.63, 3.8) is 0 Å². The highest BCUT2D eigenvalue weighted by molar-refractivity contribution is 5.81. The van der Waals surface area contributed by atoms with E-state index in [1.807, 2.05) is 31.2 Å². The first-order valence-electron chi connectivity index (χ1n) is 7.03. The molecule has 0 aromatic heterocycles. The lowest BCUT2D eigenvalue weighted by Gasteiger charge is -2.14. The molecule has 0 radical (unpaired) electrons. The Morgan fingerprint density at radius 1 is 1.40 bits per heavy atom. The monoisotopic (exact) mass is 279 g/mol. The second-order valence-electron chi connectivity index (χ2n) is 4.69. The molecule has 0 bridgehead atoms. The van der Waals surface area contributed by atoms with Gasteiger partial charge in [-0.05, 0) is 18.1 Å². The Balaban J connectivity index is 2.52. The number of benzene rings is 1. The molecule has 1 rings (SSSR count). The first-order valence-corrected chi connectivity index (χ1v) is 7.03. The van der Waals surface area contributed by atoms with Gasteiger partial charge in [-0.3, -0.25) is 4.79 Å². The molecule has 0 heterocycles. The van der Waals surface area contributed by atoms with Crippen molar-refractivity contribution < 1.29 is 9.53 Å². The van der Waals surface area contributed by atoms with Crippen LogP contribution in [0.3, 0.4) is 0 Å². The van der Waals surface area contributed by atoms with E-state index in [1.165, 1.54) is 0 Å². The molecule has 1 unspecified atom stereocenters. The van der Waals surface area contributed by atoms with Gasteiger partial charge in [-0.1, -0.05) is 31.5 Å². The van der Waals surface area contributed by atoms with Crippen molar-refractivity contribution in [1.29, 1.82) is 0 Å². The summed E-state index contributed by atoms with van der Waals surface area (Å²) in [7, 11) is 1.67. The number of amides is 1. The minimum atomic E-state index is -0.423. The fourth-order valence-corrected chi connectivity index (χ4v) is 1.89. The Morgan fingerprint density at radius 3 is 2.85 bits per heavy atom. The van der Waals surface area contributed by atoms with Crippen molar-refractivity contribution in [2.75, 3.05) is 25.6 Å². The summed E-state index contributed by atoms with van der Waals surface area (Å²) in [6.07, 6.45) is 1.61. The predicted molar refractivity (Wildman–Crippen MR) is 81.5 cm³/mol. The molecule has 1 amide bonds. The molecule has 0 aliphatic heterocycles. The summed E-state index contributed by atoms with van der Waals surface area (Å²) in [5, 5.41) is 6.16. The Bertz CT molecular complexity index is 410. The van der Waals surface area contributed by atoms with Gasteiger partial charge in [0.15, 0.2) is 0 Å². The van der Waals surface area contributed by atoms with Gasteiger partial charge < -0.3 is 21.1 Å². The van der Waals surface area contributed by atoms with E-state index in [2.05, 4.69) is 10.6 Å². The van der Waals surface area contributed by atoms with Crippen LogP contribution in [0.15, 0.2) is 24.3 Å². The van der Waals surface area contributed by atoms with Gasteiger partial charge in [0.05, 0.1) is 12.6 Å². The highest BCUT2D eigenvalue weighted by Gasteiger charge is 2.12. The van der Waals surface area contributed by atoms with E-state index in [9.17, 15) is 4.79 Å². The number of methoxy groups -OCH3 is 1. The molecule has 1 aromatic rings. The van der Waals surface area contributed by atoms with E-state index >= 15 is 0 Å². The molecule has 0 aliphatic carbocycles. The fraction of sp³-hybridized carbons (Fsp3) is 0.533. The second-order valence-corrected chi connectivity index (χ2v) is 4.69. The van der Waals surface area contributed by atoms with Crippen LogP contribution in [-0.4, -0.2) is 32.2 Å². The van der Waals surface area contributed by atoms with Crippen molar-refractivity contribution in [3.05, 3.63) is 29.8 Å². The average molecular weight is 279 g/mol. The Hall–Kier alpha value is -1.59. The molecular weight excluding hydrogens is 254 g/mol. The fourth-order valence-electron chi connectivity index (χ4n) is 1.89. The summed E-state index contributed by atoms with van der Waals surface area (Å²) < 4.78 is 5.01. The molecule has 5 nitrogen and oxygen atoms in total. The van der Waals surface area contributed by atoms with Gasteiger partial charge in [0.1, 0.15) is 0 Å². The van der Waals surface area contributed by atoms with Crippen LogP contribution in [0.4, 0.5) is 5.69 Å². The number of nitrogens with one attached hydrogen (secondary N) is 2. The number of rotatable bonds is 9. The lowest BCUT2D eigenvalue weighted by atomic mass is 10.1. The van der Waals surface area contributed by atoms with Gasteiger partial charge >= 0.3 is 0 Å². The number of nitrogens with two attached hydrogens (primary N) is 1. The van der Waals surface area contributed by atoms with Gasteiger partial charge in [-0.25, -0.2) is 0 Å². The lowest BCUT2D eigenvalue weighted by Crippen LogP contribution is -2.40. The molecule has 1 aromatic carbocycles. The van der Waals surface area contributed by atoms with Crippen LogP contribution in [0, 0.1) is 0 Å². The van der Waals surface area contributed by atoms with Gasteiger partial charge in [0.25, 0.3) is 0 Å². The van der Waals surface area contributed by atoms with Gasteiger partial charge in [0.2, 0.25) is 5.91 Å². The van der Waals surface area contributed by atoms with Gasteiger partial charge in [0, 0.05) is 25.9 Å². The van der Waals surface area contributed by atoms with Crippen molar-refractivity contribution in [3.8, 4) is 0 Å². The largest absolute Gasteiger partial charge is 0.383 e. The van der Waals surface area contributed by atoms with E-state index in [0.29, 0.717) is 19.6 Å². The number of hydrogen-bond donors (Lipinski definition) is 3. The predicted octanol–water partition coefficient (Wildman–Crippen LogP) is 1.49. The Kier molecular flexibility index (Phi) is 7.69. The lowest BCUT2D eigenvalue weighted by molar-refractivity contribution is -0.122. The van der Waals surface area contributed by atoms with E-state index in [1.54, 1.807) is 7.11 Å². The third-order valence-electron chi connectivity index (χ3n) is 3.03. The van der Waals surface area contributed by atoms with Crippen molar-refractivity contribution in [1.82, 2.24) is 5.32 Å². The maximum Gasteiger partial charge on any atom is 0.237 e. The number of ether oxygens (including phenoxy) is 1. The van der Waals surface area contributed by atoms with Gasteiger partial charge in [-0.2, -0.15) is 0 Å². The molecule has 0 saturated heterocycles. The smallest absolute Gasteiger partial charge is 0.237 e. The minimum Gasteiger partial charge on any atom is -0.383 e. The number of carbonyl (C=O) groups excluding carboxylic acids is 1. The van der Waals surface area contributed by atoms with E-state index < -0.39 is 6.04 Å². The van der Waals surface area contributed by atoms with E-state index in [4.69, 9.17) is 10.5 Å². The Labute approximate surface area is 120 Å². The highest BCUT2D eigenvalue weighted by atomic mass is 16.5. The van der Waals surface area contributed by atoms with Crippen LogP contribution in [0.1, 0.15) is 25.3 Å². The summed E-state index contributed by atoms with van der Waals surface area (Å²) >= 11 is 0. The SMILES string of the molecule is CCCC(N)C(=O)NCc1ccccc1NCCOC. The van der Waals surface area contributed by atoms with Crippen LogP contribution < -0.4 is 16.4 Å². The highest BCUT2D eigenvalue weighted by Crippen LogP contribution is 2.14. The van der Waals surface area contributed by atoms with Crippen LogP contribution in [0.2, 0.25) is 0 Å². The summed E-state index contributed by atoms with van der Waals surface area (Å²) in [4.78, 5) is 11.8. The molecule has 4 N–H and O–H groups in total. The molecule has 112 valence electrons. The number of carbonyl (C=O) groups is 1. The van der Waals surface area contributed by atoms with Crippen molar-refractivity contribution in [2.24, 2.45) is 5.73 Å². The minimum absolute atomic E-state index is 0.0986. The topological polar surface area (TPSA) is 76.4 Å². The summed E-state index contributed by atoms with van der Waals surface area (Å²) in [5.41, 5.74) is 7.83. The van der Waals surface area contributed by atoms with Crippen molar-refractivity contribution in [2.45, 2.75) is 32.4 Å². The summed E-state index contributed by atoms with van der Waals surface area (Å²) in [5.74, 6) is -0.0986. The zero-order valence-electron chi connectivity index (χ0n) is 12.3. The molecule has 1 atom stereocenters. The van der Waals surface area contributed by atoms with Gasteiger partial charge in [-0.15, -0.1) is 0 Å². The quantitative estimate of drug-likeness (QED) is 0.599. The first-order chi connectivity index (χ1) is 9.69. The van der Waals surface area contributed by atoms with Crippen LogP contribution in [0.5, 0.6) is 0 Å². The number of hydrogen-bond acceptors (Lipinski definition) is 4. The standard InChI is InChI=1S/C15H25N3O2/c1-3-6-13(16)15(19)18-11-12-7-4-5-8-14(12)17-9-10-20-2/h4-5,7-8,13,17H,3,6,9-11,16H2,1-2H3,(H,18,19). The molecule has 0 aliphatic rings. The molecule has 5 heteroatoms. The molecule has 20 heavy (non-hydrogen) atoms. The summed E-state index contributed by atoms with van der Waals surface area (Å²) in [6, 6.07) is 7.47. The first kappa shape index (κ1) is 16.5. The zero-order chi connectivity index (χ0) is 14.8. The third kappa shape index (κ3) is 5.59. The van der Waals surface area contributed by atoms with E-state index in [0.717, 1.165) is 24.2 Å². The molecular formula is C15H25N3O2. The molecule has 0 spiro atoms. The van der Waals surface area contributed by atoms with Crippen LogP contribution in [-0.2, 0) is 16.1 Å². The summed E-state index contributed by atoms with van der Waals surface area (Å²) in [6.45, 7) is 3.87.